The second kappa shape index (κ2) is 10.4. The molecule has 0 saturated heterocycles. The fourth-order valence-electron chi connectivity index (χ4n) is 3.54. The highest BCUT2D eigenvalue weighted by Gasteiger charge is 2.33. The zero-order valence-corrected chi connectivity index (χ0v) is 19.1. The number of hydrogen-bond donors (Lipinski definition) is 4. The van der Waals surface area contributed by atoms with Crippen LogP contribution in [0.1, 0.15) is 23.6 Å². The van der Waals surface area contributed by atoms with E-state index < -0.39 is 53.6 Å². The number of ether oxygens (including phenoxy) is 1. The molecule has 0 saturated carbocycles. The van der Waals surface area contributed by atoms with Gasteiger partial charge in [-0.25, -0.2) is 4.79 Å². The van der Waals surface area contributed by atoms with E-state index in [0.29, 0.717) is 11.1 Å². The van der Waals surface area contributed by atoms with Crippen LogP contribution in [0.15, 0.2) is 59.5 Å². The van der Waals surface area contributed by atoms with Crippen LogP contribution in [-0.2, 0) is 11.8 Å². The smallest absolute Gasteiger partial charge is 0.505 e. The molecule has 12 heteroatoms. The molecule has 3 aromatic rings. The minimum absolute atomic E-state index is 0.0371. The van der Waals surface area contributed by atoms with E-state index in [0.717, 1.165) is 10.6 Å². The summed E-state index contributed by atoms with van der Waals surface area (Å²) in [4.78, 5) is 36.3. The monoisotopic (exact) mass is 505 g/mol. The van der Waals surface area contributed by atoms with E-state index in [1.807, 2.05) is 0 Å². The van der Waals surface area contributed by atoms with Gasteiger partial charge in [0.1, 0.15) is 11.5 Å². The Labute approximate surface area is 202 Å². The summed E-state index contributed by atoms with van der Waals surface area (Å²) in [6.45, 7) is 1.69. The van der Waals surface area contributed by atoms with Crippen molar-refractivity contribution in [2.75, 3.05) is 5.32 Å². The molecule has 190 valence electrons. The predicted octanol–water partition coefficient (Wildman–Crippen LogP) is 4.30. The van der Waals surface area contributed by atoms with Crippen LogP contribution in [0.4, 0.5) is 23.7 Å². The molecule has 3 rings (SSSR count). The number of anilines is 1. The molecule has 2 amide bonds. The first-order valence-electron chi connectivity index (χ1n) is 10.5. The number of aromatic nitrogens is 1. The van der Waals surface area contributed by atoms with Gasteiger partial charge in [-0.05, 0) is 41.8 Å². The van der Waals surface area contributed by atoms with Crippen LogP contribution < -0.4 is 20.9 Å². The molecule has 4 N–H and O–H groups in total. The minimum Gasteiger partial charge on any atom is -0.505 e. The van der Waals surface area contributed by atoms with Gasteiger partial charge in [-0.1, -0.05) is 30.3 Å². The maximum atomic E-state index is 13.0. The number of halogens is 3. The third-order valence-corrected chi connectivity index (χ3v) is 5.24. The second-order valence-electron chi connectivity index (χ2n) is 7.86. The predicted molar refractivity (Wildman–Crippen MR) is 124 cm³/mol. The van der Waals surface area contributed by atoms with Crippen molar-refractivity contribution in [3.05, 3.63) is 76.2 Å². The number of aromatic hydroxyl groups is 1. The molecule has 1 unspecified atom stereocenters. The van der Waals surface area contributed by atoms with E-state index in [-0.39, 0.29) is 11.1 Å². The number of carbonyl (C=O) groups excluding carboxylic acids is 1. The number of nitrogens with zero attached hydrogens (tertiary/aromatic N) is 1. The fraction of sp³-hybridized carbons (Fsp3) is 0.208. The summed E-state index contributed by atoms with van der Waals surface area (Å²) >= 11 is 0. The minimum atomic E-state index is -4.97. The zero-order valence-electron chi connectivity index (χ0n) is 19.1. The van der Waals surface area contributed by atoms with E-state index in [1.54, 1.807) is 31.2 Å². The highest BCUT2D eigenvalue weighted by molar-refractivity contribution is 5.91. The Bertz CT molecular complexity index is 1350. The van der Waals surface area contributed by atoms with E-state index in [1.165, 1.54) is 31.4 Å². The first kappa shape index (κ1) is 26.1. The lowest BCUT2D eigenvalue weighted by Gasteiger charge is -2.21. The van der Waals surface area contributed by atoms with Crippen LogP contribution in [0.5, 0.6) is 11.5 Å². The van der Waals surface area contributed by atoms with Crippen molar-refractivity contribution in [3.8, 4) is 22.6 Å². The molecule has 1 aromatic heterocycles. The number of urea groups is 1. The number of carboxylic acid groups (broad SMARTS) is 1. The van der Waals surface area contributed by atoms with E-state index in [9.17, 15) is 37.8 Å². The average Bonchev–Trinajstić information content (AvgIpc) is 2.78. The van der Waals surface area contributed by atoms with Crippen LogP contribution in [-0.4, -0.2) is 33.1 Å². The zero-order chi connectivity index (χ0) is 26.6. The molecule has 0 fully saturated rings. The summed E-state index contributed by atoms with van der Waals surface area (Å²) in [5, 5.41) is 23.9. The Morgan fingerprint density at radius 1 is 1.11 bits per heavy atom. The van der Waals surface area contributed by atoms with Crippen molar-refractivity contribution >= 4 is 17.7 Å². The molecule has 1 heterocycles. The van der Waals surface area contributed by atoms with Crippen molar-refractivity contribution in [3.63, 3.8) is 0 Å². The van der Waals surface area contributed by atoms with Crippen LogP contribution in [0.3, 0.4) is 0 Å². The van der Waals surface area contributed by atoms with Gasteiger partial charge in [-0.15, -0.1) is 13.2 Å². The molecule has 36 heavy (non-hydrogen) atoms. The summed E-state index contributed by atoms with van der Waals surface area (Å²) in [7, 11) is 1.40. The summed E-state index contributed by atoms with van der Waals surface area (Å²) in [5.41, 5.74) is 0.115. The van der Waals surface area contributed by atoms with Crippen molar-refractivity contribution in [2.24, 2.45) is 7.05 Å². The lowest BCUT2D eigenvalue weighted by atomic mass is 9.94. The lowest BCUT2D eigenvalue weighted by molar-refractivity contribution is -0.274. The molecule has 0 radical (unpaired) electrons. The van der Waals surface area contributed by atoms with Crippen molar-refractivity contribution < 1.29 is 37.7 Å². The number of amides is 2. The third kappa shape index (κ3) is 6.34. The quantitative estimate of drug-likeness (QED) is 0.379. The molecule has 1 atom stereocenters. The molecule has 2 aromatic carbocycles. The maximum absolute atomic E-state index is 13.0. The fourth-order valence-corrected chi connectivity index (χ4v) is 3.54. The Kier molecular flexibility index (Phi) is 7.56. The highest BCUT2D eigenvalue weighted by atomic mass is 19.4. The number of carboxylic acids is 1. The highest BCUT2D eigenvalue weighted by Crippen LogP contribution is 2.37. The first-order valence-corrected chi connectivity index (χ1v) is 10.5. The van der Waals surface area contributed by atoms with Gasteiger partial charge in [0.05, 0.1) is 12.5 Å². The van der Waals surface area contributed by atoms with Crippen LogP contribution >= 0.6 is 0 Å². The summed E-state index contributed by atoms with van der Waals surface area (Å²) in [5.74, 6) is -2.30. The Morgan fingerprint density at radius 3 is 2.44 bits per heavy atom. The number of pyridine rings is 1. The SMILES string of the molecule is Cc1ccccc1-c1cc(C(CC(=O)O)NC(=O)Nc2c(O)ccn(C)c2=O)ccc1OC(F)(F)F. The lowest BCUT2D eigenvalue weighted by Crippen LogP contribution is -2.36. The number of alkyl halides is 3. The van der Waals surface area contributed by atoms with E-state index in [2.05, 4.69) is 15.4 Å². The largest absolute Gasteiger partial charge is 0.573 e. The number of benzene rings is 2. The molecule has 9 nitrogen and oxygen atoms in total. The molecule has 0 aliphatic heterocycles. The molecule has 0 bridgehead atoms. The topological polar surface area (TPSA) is 130 Å². The van der Waals surface area contributed by atoms with E-state index in [4.69, 9.17) is 0 Å². The summed E-state index contributed by atoms with van der Waals surface area (Å²) in [6.07, 6.45) is -4.31. The number of aryl methyl sites for hydroxylation is 2. The van der Waals surface area contributed by atoms with Gasteiger partial charge in [0.25, 0.3) is 5.56 Å². The standard InChI is InChI=1S/C24H22F3N3O6/c1-13-5-3-4-6-15(13)16-11-14(7-8-19(16)36-24(25,26)27)17(12-20(32)33)28-23(35)29-21-18(31)9-10-30(2)22(21)34/h3-11,17,31H,12H2,1-2H3,(H,32,33)(H2,28,29,35). The van der Waals surface area contributed by atoms with Crippen LogP contribution in [0.2, 0.25) is 0 Å². The van der Waals surface area contributed by atoms with Gasteiger partial charge < -0.3 is 30.2 Å². The molecular formula is C24H22F3N3O6. The number of nitrogens with one attached hydrogen (secondary N) is 2. The number of aliphatic carboxylic acids is 1. The maximum Gasteiger partial charge on any atom is 0.573 e. The van der Waals surface area contributed by atoms with Crippen molar-refractivity contribution in [1.29, 1.82) is 0 Å². The van der Waals surface area contributed by atoms with Gasteiger partial charge in [0, 0.05) is 18.8 Å². The average molecular weight is 505 g/mol. The van der Waals surface area contributed by atoms with Crippen LogP contribution in [0, 0.1) is 6.92 Å². The molecular weight excluding hydrogens is 483 g/mol. The normalized spacial score (nSPS) is 12.0. The summed E-state index contributed by atoms with van der Waals surface area (Å²) < 4.78 is 44.4. The van der Waals surface area contributed by atoms with Crippen molar-refractivity contribution in [1.82, 2.24) is 9.88 Å². The van der Waals surface area contributed by atoms with Crippen molar-refractivity contribution in [2.45, 2.75) is 25.7 Å². The van der Waals surface area contributed by atoms with E-state index >= 15 is 0 Å². The van der Waals surface area contributed by atoms with Crippen LogP contribution in [0.25, 0.3) is 11.1 Å². The van der Waals surface area contributed by atoms with Gasteiger partial charge in [0.2, 0.25) is 0 Å². The van der Waals surface area contributed by atoms with Gasteiger partial charge in [0.15, 0.2) is 5.69 Å². The summed E-state index contributed by atoms with van der Waals surface area (Å²) in [6, 6.07) is 9.11. The number of hydrogen-bond acceptors (Lipinski definition) is 5. The molecule has 0 aliphatic carbocycles. The Hall–Kier alpha value is -4.48. The second-order valence-corrected chi connectivity index (χ2v) is 7.86. The molecule has 0 aliphatic rings. The van der Waals surface area contributed by atoms with Gasteiger partial charge in [-0.2, -0.15) is 0 Å². The van der Waals surface area contributed by atoms with Gasteiger partial charge in [-0.3, -0.25) is 9.59 Å². The Morgan fingerprint density at radius 2 is 1.81 bits per heavy atom. The number of carbonyl (C=O) groups is 2. The Balaban J connectivity index is 2.00. The molecule has 0 spiro atoms. The number of rotatable bonds is 7. The van der Waals surface area contributed by atoms with Gasteiger partial charge >= 0.3 is 18.4 Å². The first-order chi connectivity index (χ1) is 16.9. The third-order valence-electron chi connectivity index (χ3n) is 5.24.